The number of nitrogens with one attached hydrogen (secondary N) is 2. The Morgan fingerprint density at radius 1 is 1.33 bits per heavy atom. The lowest BCUT2D eigenvalue weighted by Gasteiger charge is -2.31. The molecule has 0 spiro atoms. The quantitative estimate of drug-likeness (QED) is 0.519. The second kappa shape index (κ2) is 4.71. The van der Waals surface area contributed by atoms with E-state index in [2.05, 4.69) is 10.6 Å². The first-order valence-corrected chi connectivity index (χ1v) is 7.15. The molecule has 3 aliphatic rings. The van der Waals surface area contributed by atoms with Crippen LogP contribution in [-0.4, -0.2) is 52.7 Å². The fourth-order valence-electron chi connectivity index (χ4n) is 2.94. The Hall–Kier alpha value is -2.12. The van der Waals surface area contributed by atoms with Crippen molar-refractivity contribution in [1.29, 1.82) is 0 Å². The van der Waals surface area contributed by atoms with Gasteiger partial charge in [-0.1, -0.05) is 0 Å². The van der Waals surface area contributed by atoms with Gasteiger partial charge in [0, 0.05) is 6.54 Å². The zero-order chi connectivity index (χ0) is 15.2. The molecule has 1 aliphatic carbocycles. The SMILES string of the molecule is NC(=O)[C@@H]1CCCN1C(=O)C1(NC(=O)[C@@H]2CC(=O)N2)CC1. The monoisotopic (exact) mass is 294 g/mol. The number of rotatable bonds is 4. The fourth-order valence-corrected chi connectivity index (χ4v) is 2.94. The summed E-state index contributed by atoms with van der Waals surface area (Å²) in [6, 6.07) is -1.12. The first kappa shape index (κ1) is 13.8. The number of β-lactam (4-membered cyclic amide) rings is 1. The van der Waals surface area contributed by atoms with E-state index in [4.69, 9.17) is 5.73 Å². The highest BCUT2D eigenvalue weighted by Gasteiger charge is 2.55. The second-order valence-electron chi connectivity index (χ2n) is 5.95. The summed E-state index contributed by atoms with van der Waals surface area (Å²) in [6.45, 7) is 0.490. The van der Waals surface area contributed by atoms with Crippen molar-refractivity contribution in [2.75, 3.05) is 6.54 Å². The van der Waals surface area contributed by atoms with E-state index >= 15 is 0 Å². The largest absolute Gasteiger partial charge is 0.368 e. The van der Waals surface area contributed by atoms with Crippen LogP contribution in [0, 0.1) is 0 Å². The Kier molecular flexibility index (Phi) is 3.11. The summed E-state index contributed by atoms with van der Waals surface area (Å²) >= 11 is 0. The molecule has 3 rings (SSSR count). The summed E-state index contributed by atoms with van der Waals surface area (Å²) in [6.07, 6.45) is 2.58. The average molecular weight is 294 g/mol. The average Bonchev–Trinajstić information content (AvgIpc) is 3.00. The Labute approximate surface area is 121 Å². The van der Waals surface area contributed by atoms with Gasteiger partial charge < -0.3 is 21.3 Å². The molecule has 4 amide bonds. The number of nitrogens with zero attached hydrogens (tertiary/aromatic N) is 1. The molecule has 114 valence electrons. The minimum absolute atomic E-state index is 0.156. The lowest BCUT2D eigenvalue weighted by atomic mass is 10.0. The number of carbonyl (C=O) groups is 4. The van der Waals surface area contributed by atoms with E-state index in [0.29, 0.717) is 25.8 Å². The van der Waals surface area contributed by atoms with Gasteiger partial charge in [0.25, 0.3) is 0 Å². The van der Waals surface area contributed by atoms with Gasteiger partial charge in [-0.3, -0.25) is 19.2 Å². The van der Waals surface area contributed by atoms with Crippen molar-refractivity contribution in [2.45, 2.75) is 49.7 Å². The van der Waals surface area contributed by atoms with Crippen LogP contribution in [-0.2, 0) is 19.2 Å². The third-order valence-corrected chi connectivity index (χ3v) is 4.41. The summed E-state index contributed by atoms with van der Waals surface area (Å²) < 4.78 is 0. The maximum atomic E-state index is 12.6. The van der Waals surface area contributed by atoms with Gasteiger partial charge in [-0.15, -0.1) is 0 Å². The third kappa shape index (κ3) is 2.34. The van der Waals surface area contributed by atoms with Crippen LogP contribution in [0.1, 0.15) is 32.1 Å². The van der Waals surface area contributed by atoms with Crippen molar-refractivity contribution in [1.82, 2.24) is 15.5 Å². The molecule has 8 heteroatoms. The first-order valence-electron chi connectivity index (χ1n) is 7.15. The molecule has 3 fully saturated rings. The predicted octanol–water partition coefficient (Wildman–Crippen LogP) is -2.00. The summed E-state index contributed by atoms with van der Waals surface area (Å²) in [5.74, 6) is -1.24. The van der Waals surface area contributed by atoms with Gasteiger partial charge in [0.2, 0.25) is 23.6 Å². The highest BCUT2D eigenvalue weighted by molar-refractivity contribution is 6.01. The fraction of sp³-hybridized carbons (Fsp3) is 0.692. The van der Waals surface area contributed by atoms with Gasteiger partial charge >= 0.3 is 0 Å². The second-order valence-corrected chi connectivity index (χ2v) is 5.95. The molecule has 0 aromatic carbocycles. The van der Waals surface area contributed by atoms with Crippen LogP contribution in [0.5, 0.6) is 0 Å². The van der Waals surface area contributed by atoms with E-state index < -0.39 is 23.5 Å². The molecule has 2 heterocycles. The van der Waals surface area contributed by atoms with E-state index in [1.165, 1.54) is 4.90 Å². The molecule has 0 radical (unpaired) electrons. The standard InChI is InChI=1S/C13H18N4O4/c14-10(19)8-2-1-5-17(8)12(21)13(3-4-13)16-11(20)7-6-9(18)15-7/h7-8H,1-6H2,(H2,14,19)(H,15,18)(H,16,20)/t7-,8-/m0/s1. The van der Waals surface area contributed by atoms with Crippen LogP contribution in [0.4, 0.5) is 0 Å². The van der Waals surface area contributed by atoms with E-state index in [1.54, 1.807) is 0 Å². The van der Waals surface area contributed by atoms with Gasteiger partial charge in [0.1, 0.15) is 17.6 Å². The van der Waals surface area contributed by atoms with Gasteiger partial charge in [-0.25, -0.2) is 0 Å². The zero-order valence-corrected chi connectivity index (χ0v) is 11.6. The van der Waals surface area contributed by atoms with Crippen molar-refractivity contribution < 1.29 is 19.2 Å². The molecule has 21 heavy (non-hydrogen) atoms. The Bertz CT molecular complexity index is 520. The zero-order valence-electron chi connectivity index (χ0n) is 11.6. The lowest BCUT2D eigenvalue weighted by Crippen LogP contribution is -2.61. The maximum absolute atomic E-state index is 12.6. The molecule has 2 aliphatic heterocycles. The Morgan fingerprint density at radius 2 is 2.00 bits per heavy atom. The van der Waals surface area contributed by atoms with Crippen LogP contribution in [0.2, 0.25) is 0 Å². The number of hydrogen-bond donors (Lipinski definition) is 3. The first-order chi connectivity index (χ1) is 9.93. The number of hydrogen-bond acceptors (Lipinski definition) is 4. The molecular weight excluding hydrogens is 276 g/mol. The van der Waals surface area contributed by atoms with Crippen molar-refractivity contribution in [3.8, 4) is 0 Å². The predicted molar refractivity (Wildman–Crippen MR) is 70.6 cm³/mol. The highest BCUT2D eigenvalue weighted by atomic mass is 16.2. The van der Waals surface area contributed by atoms with Crippen molar-refractivity contribution in [3.05, 3.63) is 0 Å². The van der Waals surface area contributed by atoms with Crippen molar-refractivity contribution in [3.63, 3.8) is 0 Å². The number of nitrogens with two attached hydrogens (primary N) is 1. The third-order valence-electron chi connectivity index (χ3n) is 4.41. The van der Waals surface area contributed by atoms with Crippen LogP contribution < -0.4 is 16.4 Å². The van der Waals surface area contributed by atoms with E-state index in [-0.39, 0.29) is 24.1 Å². The lowest BCUT2D eigenvalue weighted by molar-refractivity contribution is -0.143. The van der Waals surface area contributed by atoms with Crippen LogP contribution in [0.3, 0.4) is 0 Å². The summed E-state index contributed by atoms with van der Waals surface area (Å²) in [7, 11) is 0. The van der Waals surface area contributed by atoms with Crippen molar-refractivity contribution >= 4 is 23.6 Å². The maximum Gasteiger partial charge on any atom is 0.249 e. The molecule has 2 atom stereocenters. The number of carbonyl (C=O) groups excluding carboxylic acids is 4. The van der Waals surface area contributed by atoms with Gasteiger partial charge in [-0.05, 0) is 25.7 Å². The van der Waals surface area contributed by atoms with Crippen LogP contribution in [0.15, 0.2) is 0 Å². The summed E-state index contributed by atoms with van der Waals surface area (Å²) in [5.41, 5.74) is 4.41. The Morgan fingerprint density at radius 3 is 2.52 bits per heavy atom. The van der Waals surface area contributed by atoms with E-state index in [1.807, 2.05) is 0 Å². The molecule has 0 bridgehead atoms. The minimum Gasteiger partial charge on any atom is -0.368 e. The van der Waals surface area contributed by atoms with Crippen LogP contribution >= 0.6 is 0 Å². The molecule has 0 unspecified atom stereocenters. The van der Waals surface area contributed by atoms with Gasteiger partial charge in [0.15, 0.2) is 0 Å². The summed E-state index contributed by atoms with van der Waals surface area (Å²) in [5, 5.41) is 5.21. The molecule has 2 saturated heterocycles. The van der Waals surface area contributed by atoms with Crippen LogP contribution in [0.25, 0.3) is 0 Å². The molecule has 0 aromatic rings. The van der Waals surface area contributed by atoms with Crippen molar-refractivity contribution in [2.24, 2.45) is 5.73 Å². The molecular formula is C13H18N4O4. The number of likely N-dealkylation sites (tertiary alicyclic amines) is 1. The molecule has 0 aromatic heterocycles. The number of amides is 4. The molecule has 1 saturated carbocycles. The van der Waals surface area contributed by atoms with Gasteiger partial charge in [-0.2, -0.15) is 0 Å². The molecule has 8 nitrogen and oxygen atoms in total. The summed E-state index contributed by atoms with van der Waals surface area (Å²) in [4.78, 5) is 48.3. The van der Waals surface area contributed by atoms with Gasteiger partial charge in [0.05, 0.1) is 6.42 Å². The van der Waals surface area contributed by atoms with E-state index in [0.717, 1.165) is 6.42 Å². The smallest absolute Gasteiger partial charge is 0.249 e. The normalized spacial score (nSPS) is 29.3. The molecule has 4 N–H and O–H groups in total. The number of primary amides is 1. The topological polar surface area (TPSA) is 122 Å². The highest BCUT2D eigenvalue weighted by Crippen LogP contribution is 2.39. The minimum atomic E-state index is -0.907. The van der Waals surface area contributed by atoms with E-state index in [9.17, 15) is 19.2 Å². The Balaban J connectivity index is 1.65.